The van der Waals surface area contributed by atoms with E-state index in [4.69, 9.17) is 9.47 Å². The quantitative estimate of drug-likeness (QED) is 0.501. The van der Waals surface area contributed by atoms with Crippen LogP contribution in [0.3, 0.4) is 0 Å². The molecule has 1 aromatic heterocycles. The number of alkyl halides is 3. The van der Waals surface area contributed by atoms with Crippen LogP contribution in [0.4, 0.5) is 13.2 Å². The summed E-state index contributed by atoms with van der Waals surface area (Å²) in [4.78, 5) is 17.0. The first kappa shape index (κ1) is 23.5. The molecule has 1 heterocycles. The molecule has 0 N–H and O–H groups in total. The van der Waals surface area contributed by atoms with Gasteiger partial charge in [-0.15, -0.1) is 0 Å². The van der Waals surface area contributed by atoms with Crippen molar-refractivity contribution in [1.82, 2.24) is 4.98 Å². The number of methoxy groups -OCH3 is 2. The molecule has 0 unspecified atom stereocenters. The van der Waals surface area contributed by atoms with Crippen molar-refractivity contribution < 1.29 is 35.9 Å². The molecule has 0 radical (unpaired) electrons. The topological polar surface area (TPSA) is 82.6 Å². The Balaban J connectivity index is 2.43. The van der Waals surface area contributed by atoms with Crippen molar-refractivity contribution in [2.24, 2.45) is 0 Å². The standard InChI is InChI=1S/C22H20F3NO5S/c1-5-32(28,29)18-10-15-16(11-17(18)30-3)26-20(12(2)19(15)21(27)31-4)13-7-6-8-14(9-13)22(23,24)25/h6-11H,5H2,1-4H3. The number of nitrogens with zero attached hydrogens (tertiary/aromatic N) is 1. The summed E-state index contributed by atoms with van der Waals surface area (Å²) in [5.74, 6) is -0.952. The number of hydrogen-bond donors (Lipinski definition) is 0. The largest absolute Gasteiger partial charge is 0.495 e. The molecule has 0 aliphatic heterocycles. The van der Waals surface area contributed by atoms with Gasteiger partial charge in [0.1, 0.15) is 10.6 Å². The smallest absolute Gasteiger partial charge is 0.416 e. The van der Waals surface area contributed by atoms with Crippen LogP contribution < -0.4 is 4.74 Å². The number of aromatic nitrogens is 1. The number of carbonyl (C=O) groups is 1. The number of halogens is 3. The van der Waals surface area contributed by atoms with Gasteiger partial charge < -0.3 is 9.47 Å². The molecule has 0 saturated heterocycles. The van der Waals surface area contributed by atoms with E-state index in [1.54, 1.807) is 0 Å². The summed E-state index contributed by atoms with van der Waals surface area (Å²) in [6.45, 7) is 2.99. The zero-order valence-corrected chi connectivity index (χ0v) is 18.5. The molecule has 6 nitrogen and oxygen atoms in total. The van der Waals surface area contributed by atoms with E-state index in [1.165, 1.54) is 45.2 Å². The fraction of sp³-hybridized carbons (Fsp3) is 0.273. The zero-order chi connectivity index (χ0) is 23.8. The van der Waals surface area contributed by atoms with Crippen molar-refractivity contribution >= 4 is 26.7 Å². The van der Waals surface area contributed by atoms with Gasteiger partial charge in [-0.05, 0) is 30.7 Å². The number of carbonyl (C=O) groups excluding carboxylic acids is 1. The summed E-state index contributed by atoms with van der Waals surface area (Å²) in [5.41, 5.74) is -0.132. The maximum atomic E-state index is 13.2. The molecule has 3 aromatic rings. The summed E-state index contributed by atoms with van der Waals surface area (Å²) in [6.07, 6.45) is -4.56. The van der Waals surface area contributed by atoms with E-state index in [0.717, 1.165) is 19.2 Å². The summed E-state index contributed by atoms with van der Waals surface area (Å²) in [6, 6.07) is 7.21. The van der Waals surface area contributed by atoms with Crippen LogP contribution in [-0.2, 0) is 20.8 Å². The lowest BCUT2D eigenvalue weighted by Gasteiger charge is -2.17. The van der Waals surface area contributed by atoms with Crippen molar-refractivity contribution in [3.05, 3.63) is 53.1 Å². The van der Waals surface area contributed by atoms with E-state index in [-0.39, 0.29) is 49.7 Å². The van der Waals surface area contributed by atoms with Crippen LogP contribution in [0, 0.1) is 6.92 Å². The van der Waals surface area contributed by atoms with Crippen LogP contribution in [0.25, 0.3) is 22.2 Å². The summed E-state index contributed by atoms with van der Waals surface area (Å²) < 4.78 is 74.9. The lowest BCUT2D eigenvalue weighted by atomic mass is 9.96. The Hall–Kier alpha value is -3.14. The van der Waals surface area contributed by atoms with Crippen LogP contribution in [0.2, 0.25) is 0 Å². The van der Waals surface area contributed by atoms with Gasteiger partial charge in [0.25, 0.3) is 0 Å². The molecule has 3 rings (SSSR count). The van der Waals surface area contributed by atoms with E-state index >= 15 is 0 Å². The number of sulfone groups is 1. The van der Waals surface area contributed by atoms with Crippen molar-refractivity contribution in [1.29, 1.82) is 0 Å². The van der Waals surface area contributed by atoms with Crippen LogP contribution in [0.5, 0.6) is 5.75 Å². The SMILES string of the molecule is CCS(=O)(=O)c1cc2c(C(=O)OC)c(C)c(-c3cccc(C(F)(F)F)c3)nc2cc1OC. The van der Waals surface area contributed by atoms with E-state index in [2.05, 4.69) is 4.98 Å². The predicted octanol–water partition coefficient (Wildman–Crippen LogP) is 4.82. The Morgan fingerprint density at radius 2 is 1.81 bits per heavy atom. The Labute approximate surface area is 182 Å². The monoisotopic (exact) mass is 467 g/mol. The first-order valence-electron chi connectivity index (χ1n) is 9.45. The second-order valence-electron chi connectivity index (χ2n) is 6.95. The van der Waals surface area contributed by atoms with Crippen LogP contribution in [0.1, 0.15) is 28.4 Å². The number of esters is 1. The Kier molecular flexibility index (Phi) is 6.19. The third-order valence-corrected chi connectivity index (χ3v) is 6.83. The van der Waals surface area contributed by atoms with Gasteiger partial charge >= 0.3 is 12.1 Å². The highest BCUT2D eigenvalue weighted by Crippen LogP contribution is 2.37. The lowest BCUT2D eigenvalue weighted by Crippen LogP contribution is -2.11. The second kappa shape index (κ2) is 8.42. The van der Waals surface area contributed by atoms with Gasteiger partial charge in [0, 0.05) is 17.0 Å². The van der Waals surface area contributed by atoms with Gasteiger partial charge in [0.2, 0.25) is 0 Å². The van der Waals surface area contributed by atoms with Gasteiger partial charge in [-0.1, -0.05) is 19.1 Å². The third kappa shape index (κ3) is 4.14. The molecule has 0 aliphatic carbocycles. The van der Waals surface area contributed by atoms with Gasteiger partial charge in [-0.2, -0.15) is 13.2 Å². The van der Waals surface area contributed by atoms with E-state index in [9.17, 15) is 26.4 Å². The van der Waals surface area contributed by atoms with E-state index < -0.39 is 27.5 Å². The third-order valence-electron chi connectivity index (χ3n) is 5.08. The highest BCUT2D eigenvalue weighted by Gasteiger charge is 2.31. The Morgan fingerprint density at radius 3 is 2.38 bits per heavy atom. The number of fused-ring (bicyclic) bond motifs is 1. The van der Waals surface area contributed by atoms with Crippen LogP contribution in [0.15, 0.2) is 41.3 Å². The van der Waals surface area contributed by atoms with Crippen molar-refractivity contribution in [3.8, 4) is 17.0 Å². The summed E-state index contributed by atoms with van der Waals surface area (Å²) in [7, 11) is -1.26. The number of hydrogen-bond acceptors (Lipinski definition) is 6. The number of rotatable bonds is 5. The maximum Gasteiger partial charge on any atom is 0.416 e. The maximum absolute atomic E-state index is 13.2. The molecule has 32 heavy (non-hydrogen) atoms. The molecule has 0 atom stereocenters. The average molecular weight is 467 g/mol. The minimum Gasteiger partial charge on any atom is -0.495 e. The first-order chi connectivity index (χ1) is 14.9. The van der Waals surface area contributed by atoms with Crippen molar-refractivity contribution in [2.45, 2.75) is 24.9 Å². The molecular formula is C22H20F3NO5S. The number of pyridine rings is 1. The van der Waals surface area contributed by atoms with E-state index in [1.807, 2.05) is 0 Å². The molecule has 10 heteroatoms. The number of ether oxygens (including phenoxy) is 2. The molecule has 170 valence electrons. The molecule has 0 aliphatic rings. The second-order valence-corrected chi connectivity index (χ2v) is 9.20. The average Bonchev–Trinajstić information content (AvgIpc) is 2.76. The Morgan fingerprint density at radius 1 is 1.12 bits per heavy atom. The molecule has 0 spiro atoms. The minimum absolute atomic E-state index is 0.0140. The predicted molar refractivity (Wildman–Crippen MR) is 113 cm³/mol. The molecule has 0 amide bonds. The molecule has 0 bridgehead atoms. The van der Waals surface area contributed by atoms with Gasteiger partial charge in [0.05, 0.1) is 42.3 Å². The van der Waals surface area contributed by atoms with Crippen LogP contribution >= 0.6 is 0 Å². The lowest BCUT2D eigenvalue weighted by molar-refractivity contribution is -0.137. The van der Waals surface area contributed by atoms with Crippen molar-refractivity contribution in [3.63, 3.8) is 0 Å². The summed E-state index contributed by atoms with van der Waals surface area (Å²) in [5, 5.41) is 0.193. The molecular weight excluding hydrogens is 447 g/mol. The molecule has 0 saturated carbocycles. The Bertz CT molecular complexity index is 1320. The highest BCUT2D eigenvalue weighted by atomic mass is 32.2. The molecule has 2 aromatic carbocycles. The summed E-state index contributed by atoms with van der Waals surface area (Å²) >= 11 is 0. The fourth-order valence-corrected chi connectivity index (χ4v) is 4.47. The fourth-order valence-electron chi connectivity index (χ4n) is 3.41. The number of benzene rings is 2. The van der Waals surface area contributed by atoms with Crippen LogP contribution in [-0.4, -0.2) is 39.3 Å². The van der Waals surface area contributed by atoms with Crippen molar-refractivity contribution in [2.75, 3.05) is 20.0 Å². The first-order valence-corrected chi connectivity index (χ1v) is 11.1. The molecule has 0 fully saturated rings. The van der Waals surface area contributed by atoms with Gasteiger partial charge in [-0.3, -0.25) is 0 Å². The van der Waals surface area contributed by atoms with Gasteiger partial charge in [-0.25, -0.2) is 18.2 Å². The van der Waals surface area contributed by atoms with E-state index in [0.29, 0.717) is 0 Å². The van der Waals surface area contributed by atoms with Gasteiger partial charge in [0.15, 0.2) is 9.84 Å². The zero-order valence-electron chi connectivity index (χ0n) is 17.7. The minimum atomic E-state index is -4.56. The normalized spacial score (nSPS) is 12.1. The highest BCUT2D eigenvalue weighted by molar-refractivity contribution is 7.91.